The van der Waals surface area contributed by atoms with Gasteiger partial charge in [-0.2, -0.15) is 5.10 Å². The normalized spacial score (nSPS) is 20.9. The highest BCUT2D eigenvalue weighted by atomic mass is 19.1. The van der Waals surface area contributed by atoms with Crippen LogP contribution in [-0.4, -0.2) is 75.3 Å². The van der Waals surface area contributed by atoms with Gasteiger partial charge in [0.1, 0.15) is 28.7 Å². The van der Waals surface area contributed by atoms with E-state index in [1.54, 1.807) is 36.5 Å². The summed E-state index contributed by atoms with van der Waals surface area (Å²) in [4.78, 5) is 42.1. The molecule has 0 radical (unpaired) electrons. The standard InChI is InChI=1S/C35H29F2N7O2/c1-42-18-22-16-21(42)19-43(22)29-14-15-44-34(38-29)30(32(41-44)24-10-5-6-12-26(24)36)35(46)40-33-28(45)17-25-23(11-7-13-27(25)37)31(39-33)20-8-3-2-4-9-20/h2-15,21-22,33H,16-19H2,1H3,(H,40,46)/t21-,22-,33-/m1/s1. The van der Waals surface area contributed by atoms with Gasteiger partial charge in [0.2, 0.25) is 0 Å². The van der Waals surface area contributed by atoms with Crippen LogP contribution in [0.4, 0.5) is 14.6 Å². The zero-order valence-corrected chi connectivity index (χ0v) is 24.9. The highest BCUT2D eigenvalue weighted by Gasteiger charge is 2.42. The van der Waals surface area contributed by atoms with E-state index in [4.69, 9.17) is 9.98 Å². The van der Waals surface area contributed by atoms with Crippen LogP contribution >= 0.6 is 0 Å². The van der Waals surface area contributed by atoms with Crippen molar-refractivity contribution in [2.45, 2.75) is 31.1 Å². The van der Waals surface area contributed by atoms with Crippen LogP contribution in [-0.2, 0) is 11.2 Å². The number of benzene rings is 3. The van der Waals surface area contributed by atoms with Gasteiger partial charge in [0.15, 0.2) is 17.6 Å². The van der Waals surface area contributed by atoms with E-state index in [-0.39, 0.29) is 34.5 Å². The Hall–Kier alpha value is -5.29. The first kappa shape index (κ1) is 28.2. The van der Waals surface area contributed by atoms with Gasteiger partial charge in [-0.3, -0.25) is 19.5 Å². The quantitative estimate of drug-likeness (QED) is 0.317. The summed E-state index contributed by atoms with van der Waals surface area (Å²) in [6, 6.07) is 22.4. The molecule has 3 aliphatic rings. The summed E-state index contributed by atoms with van der Waals surface area (Å²) in [5, 5.41) is 7.36. The number of likely N-dealkylation sites (N-methyl/N-ethyl adjacent to an activating group) is 1. The van der Waals surface area contributed by atoms with E-state index < -0.39 is 29.5 Å². The Kier molecular flexibility index (Phi) is 6.71. The van der Waals surface area contributed by atoms with Crippen LogP contribution in [0.5, 0.6) is 0 Å². The van der Waals surface area contributed by atoms with E-state index >= 15 is 8.78 Å². The maximum Gasteiger partial charge on any atom is 0.259 e. The molecule has 0 aliphatic carbocycles. The van der Waals surface area contributed by atoms with Crippen molar-refractivity contribution in [3.05, 3.63) is 119 Å². The van der Waals surface area contributed by atoms with Crippen LogP contribution in [0.25, 0.3) is 16.9 Å². The number of carbonyl (C=O) groups is 2. The number of aromatic nitrogens is 3. The van der Waals surface area contributed by atoms with Gasteiger partial charge in [-0.1, -0.05) is 54.6 Å². The first-order valence-corrected chi connectivity index (χ1v) is 15.2. The van der Waals surface area contributed by atoms with Crippen LogP contribution in [0.2, 0.25) is 0 Å². The Bertz CT molecular complexity index is 2060. The number of rotatable bonds is 5. The van der Waals surface area contributed by atoms with Crippen molar-refractivity contribution in [2.24, 2.45) is 4.99 Å². The number of anilines is 1. The van der Waals surface area contributed by atoms with Crippen LogP contribution in [0.1, 0.15) is 33.5 Å². The fourth-order valence-corrected chi connectivity index (χ4v) is 6.91. The number of likely N-dealkylation sites (tertiary alicyclic amines) is 1. The van der Waals surface area contributed by atoms with Crippen LogP contribution < -0.4 is 10.2 Å². The summed E-state index contributed by atoms with van der Waals surface area (Å²) < 4.78 is 31.7. The lowest BCUT2D eigenvalue weighted by atomic mass is 9.95. The molecule has 2 fully saturated rings. The molecule has 0 spiro atoms. The highest BCUT2D eigenvalue weighted by Crippen LogP contribution is 2.34. The highest BCUT2D eigenvalue weighted by molar-refractivity contribution is 6.16. The van der Waals surface area contributed by atoms with Crippen LogP contribution in [0.15, 0.2) is 90.1 Å². The number of piperazine rings is 1. The van der Waals surface area contributed by atoms with E-state index in [9.17, 15) is 9.59 Å². The molecule has 5 aromatic rings. The molecule has 46 heavy (non-hydrogen) atoms. The summed E-state index contributed by atoms with van der Waals surface area (Å²) in [5.74, 6) is -1.56. The average molecular weight is 618 g/mol. The lowest BCUT2D eigenvalue weighted by molar-refractivity contribution is -0.120. The number of hydrogen-bond acceptors (Lipinski definition) is 7. The lowest BCUT2D eigenvalue weighted by Gasteiger charge is -2.32. The van der Waals surface area contributed by atoms with Crippen molar-refractivity contribution in [2.75, 3.05) is 25.0 Å². The second-order valence-corrected chi connectivity index (χ2v) is 12.0. The molecule has 1 N–H and O–H groups in total. The fourth-order valence-electron chi connectivity index (χ4n) is 6.91. The maximum absolute atomic E-state index is 15.2. The SMILES string of the molecule is CN1C[C@H]2C[C@@H]1CN2c1ccn2nc(-c3ccccc3F)c(C(=O)N[C@H]3N=C(c4ccccc4)c4cccc(F)c4CC3=O)c2n1. The van der Waals surface area contributed by atoms with Crippen molar-refractivity contribution in [1.82, 2.24) is 24.8 Å². The lowest BCUT2D eigenvalue weighted by Crippen LogP contribution is -2.45. The summed E-state index contributed by atoms with van der Waals surface area (Å²) >= 11 is 0. The Labute approximate surface area is 263 Å². The van der Waals surface area contributed by atoms with Crippen LogP contribution in [0.3, 0.4) is 0 Å². The monoisotopic (exact) mass is 617 g/mol. The molecule has 1 amide bonds. The number of ketones is 1. The number of nitrogens with one attached hydrogen (secondary N) is 1. The maximum atomic E-state index is 15.2. The Balaban J connectivity index is 1.23. The van der Waals surface area contributed by atoms with Gasteiger partial charge in [-0.15, -0.1) is 0 Å². The topological polar surface area (TPSA) is 95.2 Å². The predicted octanol–water partition coefficient (Wildman–Crippen LogP) is 4.29. The molecule has 3 atom stereocenters. The Morgan fingerprint density at radius 1 is 0.891 bits per heavy atom. The van der Waals surface area contributed by atoms with Crippen molar-refractivity contribution >= 4 is 28.9 Å². The van der Waals surface area contributed by atoms with Crippen molar-refractivity contribution in [1.29, 1.82) is 0 Å². The third kappa shape index (κ3) is 4.66. The molecular weight excluding hydrogens is 588 g/mol. The molecule has 230 valence electrons. The van der Waals surface area contributed by atoms with Gasteiger partial charge in [-0.05, 0) is 37.7 Å². The van der Waals surface area contributed by atoms with Crippen molar-refractivity contribution in [3.63, 3.8) is 0 Å². The summed E-state index contributed by atoms with van der Waals surface area (Å²) in [6.07, 6.45) is 1.14. The Morgan fingerprint density at radius 2 is 1.65 bits per heavy atom. The zero-order valence-electron chi connectivity index (χ0n) is 24.9. The number of fused-ring (bicyclic) bond motifs is 4. The minimum Gasteiger partial charge on any atom is -0.351 e. The van der Waals surface area contributed by atoms with E-state index in [1.165, 1.54) is 16.6 Å². The molecule has 9 nitrogen and oxygen atoms in total. The van der Waals surface area contributed by atoms with E-state index in [2.05, 4.69) is 27.3 Å². The molecule has 8 rings (SSSR count). The molecule has 3 aliphatic heterocycles. The van der Waals surface area contributed by atoms with E-state index in [0.29, 0.717) is 34.7 Å². The smallest absolute Gasteiger partial charge is 0.259 e. The van der Waals surface area contributed by atoms with Gasteiger partial charge in [0.05, 0.1) is 5.71 Å². The Morgan fingerprint density at radius 3 is 2.41 bits per heavy atom. The molecule has 2 aromatic heterocycles. The largest absolute Gasteiger partial charge is 0.351 e. The average Bonchev–Trinajstić information content (AvgIpc) is 3.74. The molecular formula is C35H29F2N7O2. The second kappa shape index (κ2) is 11.0. The second-order valence-electron chi connectivity index (χ2n) is 12.0. The number of carbonyl (C=O) groups excluding carboxylic acids is 2. The van der Waals surface area contributed by atoms with Crippen LogP contribution in [0, 0.1) is 11.6 Å². The summed E-state index contributed by atoms with van der Waals surface area (Å²) in [7, 11) is 2.12. The number of nitrogens with zero attached hydrogens (tertiary/aromatic N) is 6. The van der Waals surface area contributed by atoms with Gasteiger partial charge >= 0.3 is 0 Å². The third-order valence-corrected chi connectivity index (χ3v) is 9.24. The minimum absolute atomic E-state index is 0.0191. The van der Waals surface area contributed by atoms with Crippen molar-refractivity contribution in [3.8, 4) is 11.3 Å². The molecule has 0 saturated carbocycles. The van der Waals surface area contributed by atoms with Crippen molar-refractivity contribution < 1.29 is 18.4 Å². The molecule has 2 bridgehead atoms. The number of aliphatic imine (C=N–C) groups is 1. The molecule has 11 heteroatoms. The van der Waals surface area contributed by atoms with E-state index in [1.807, 2.05) is 36.4 Å². The molecule has 0 unspecified atom stereocenters. The van der Waals surface area contributed by atoms with Gasteiger partial charge in [0, 0.05) is 60.0 Å². The molecule has 5 heterocycles. The predicted molar refractivity (Wildman–Crippen MR) is 169 cm³/mol. The number of amides is 1. The van der Waals surface area contributed by atoms with Gasteiger partial charge in [-0.25, -0.2) is 18.3 Å². The minimum atomic E-state index is -1.34. The van der Waals surface area contributed by atoms with Gasteiger partial charge < -0.3 is 10.2 Å². The summed E-state index contributed by atoms with van der Waals surface area (Å²) in [6.45, 7) is 1.73. The first-order chi connectivity index (χ1) is 22.4. The molecule has 3 aromatic carbocycles. The van der Waals surface area contributed by atoms with E-state index in [0.717, 1.165) is 19.5 Å². The first-order valence-electron chi connectivity index (χ1n) is 15.2. The summed E-state index contributed by atoms with van der Waals surface area (Å²) in [5.41, 5.74) is 2.21. The zero-order chi connectivity index (χ0) is 31.5. The van der Waals surface area contributed by atoms with Gasteiger partial charge in [0.25, 0.3) is 5.91 Å². The number of hydrogen-bond donors (Lipinski definition) is 1. The fraction of sp³-hybridized carbons (Fsp3) is 0.229. The number of Topliss-reactive ketones (excluding diaryl/α,β-unsaturated/α-hetero) is 1. The molecule has 2 saturated heterocycles. The number of halogens is 2. The third-order valence-electron chi connectivity index (χ3n) is 9.24.